The van der Waals surface area contributed by atoms with E-state index in [9.17, 15) is 4.79 Å². The van der Waals surface area contributed by atoms with Crippen molar-refractivity contribution in [3.8, 4) is 0 Å². The van der Waals surface area contributed by atoms with Gasteiger partial charge in [-0.3, -0.25) is 4.79 Å². The summed E-state index contributed by atoms with van der Waals surface area (Å²) in [6.45, 7) is 0.520. The number of fused-ring (bicyclic) bond motifs is 2. The molecule has 4 rings (SSSR count). The molecule has 0 atom stereocenters. The van der Waals surface area contributed by atoms with Crippen molar-refractivity contribution in [1.82, 2.24) is 14.5 Å². The average Bonchev–Trinajstić information content (AvgIpc) is 3.06. The molecule has 0 saturated heterocycles. The Bertz CT molecular complexity index is 1010. The first kappa shape index (κ1) is 12.6. The average molecular weight is 316 g/mol. The number of benzene rings is 1. The molecule has 4 aromatic rings. The zero-order valence-corrected chi connectivity index (χ0v) is 12.4. The summed E-state index contributed by atoms with van der Waals surface area (Å²) in [5, 5.41) is 3.66. The van der Waals surface area contributed by atoms with Gasteiger partial charge in [0.05, 0.1) is 12.1 Å². The predicted octanol–water partition coefficient (Wildman–Crippen LogP) is 3.64. The summed E-state index contributed by atoms with van der Waals surface area (Å²) in [4.78, 5) is 19.3. The Labute approximate surface area is 128 Å². The molecule has 6 heteroatoms. The number of rotatable bonds is 2. The van der Waals surface area contributed by atoms with E-state index >= 15 is 0 Å². The molecule has 0 aliphatic heterocycles. The van der Waals surface area contributed by atoms with E-state index in [0.717, 1.165) is 16.4 Å². The van der Waals surface area contributed by atoms with E-state index < -0.39 is 0 Å². The number of aromatic amines is 1. The van der Waals surface area contributed by atoms with Gasteiger partial charge in [-0.15, -0.1) is 11.3 Å². The van der Waals surface area contributed by atoms with Gasteiger partial charge in [-0.25, -0.2) is 4.98 Å². The van der Waals surface area contributed by atoms with E-state index in [0.29, 0.717) is 22.1 Å². The van der Waals surface area contributed by atoms with Gasteiger partial charge in [-0.2, -0.15) is 0 Å². The highest BCUT2D eigenvalue weighted by molar-refractivity contribution is 7.17. The number of hydrogen-bond acceptors (Lipinski definition) is 3. The van der Waals surface area contributed by atoms with Crippen LogP contribution in [0.5, 0.6) is 0 Å². The van der Waals surface area contributed by atoms with Crippen LogP contribution in [0.25, 0.3) is 21.1 Å². The maximum atomic E-state index is 12.0. The smallest absolute Gasteiger partial charge is 0.268 e. The fraction of sp³-hybridized carbons (Fsp3) is 0.0667. The molecule has 0 saturated carbocycles. The van der Waals surface area contributed by atoms with Crippen LogP contribution < -0.4 is 5.56 Å². The first-order valence-electron chi connectivity index (χ1n) is 6.41. The van der Waals surface area contributed by atoms with E-state index in [1.807, 2.05) is 46.5 Å². The van der Waals surface area contributed by atoms with Crippen molar-refractivity contribution in [2.75, 3.05) is 0 Å². The SMILES string of the molecule is O=c1[nH]c(Cn2ccc3cc(Cl)ccc32)nc2ccsc12. The summed E-state index contributed by atoms with van der Waals surface area (Å²) in [7, 11) is 0. The summed E-state index contributed by atoms with van der Waals surface area (Å²) in [6, 6.07) is 9.62. The zero-order chi connectivity index (χ0) is 14.4. The fourth-order valence-electron chi connectivity index (χ4n) is 2.47. The van der Waals surface area contributed by atoms with Gasteiger partial charge >= 0.3 is 0 Å². The van der Waals surface area contributed by atoms with Gasteiger partial charge in [0.1, 0.15) is 10.5 Å². The van der Waals surface area contributed by atoms with Crippen molar-refractivity contribution in [2.24, 2.45) is 0 Å². The molecule has 0 fully saturated rings. The summed E-state index contributed by atoms with van der Waals surface area (Å²) in [5.41, 5.74) is 1.73. The summed E-state index contributed by atoms with van der Waals surface area (Å²) >= 11 is 7.40. The molecular formula is C15H10ClN3OS. The van der Waals surface area contributed by atoms with Crippen LogP contribution in [-0.2, 0) is 6.54 Å². The van der Waals surface area contributed by atoms with Gasteiger partial charge in [0.2, 0.25) is 0 Å². The highest BCUT2D eigenvalue weighted by Crippen LogP contribution is 2.21. The lowest BCUT2D eigenvalue weighted by Crippen LogP contribution is -2.12. The van der Waals surface area contributed by atoms with Crippen molar-refractivity contribution in [3.63, 3.8) is 0 Å². The minimum atomic E-state index is -0.0792. The molecule has 0 amide bonds. The third-order valence-corrected chi connectivity index (χ3v) is 4.55. The minimum Gasteiger partial charge on any atom is -0.340 e. The third kappa shape index (κ3) is 2.14. The van der Waals surface area contributed by atoms with Crippen LogP contribution in [0.1, 0.15) is 5.82 Å². The Morgan fingerprint density at radius 2 is 2.19 bits per heavy atom. The first-order chi connectivity index (χ1) is 10.2. The molecule has 104 valence electrons. The number of halogens is 1. The monoisotopic (exact) mass is 315 g/mol. The molecule has 0 spiro atoms. The van der Waals surface area contributed by atoms with E-state index in [2.05, 4.69) is 9.97 Å². The van der Waals surface area contributed by atoms with Gasteiger partial charge in [0, 0.05) is 22.1 Å². The molecule has 3 heterocycles. The third-order valence-electron chi connectivity index (χ3n) is 3.42. The normalized spacial score (nSPS) is 11.5. The van der Waals surface area contributed by atoms with Gasteiger partial charge < -0.3 is 9.55 Å². The summed E-state index contributed by atoms with van der Waals surface area (Å²) in [5.74, 6) is 0.651. The highest BCUT2D eigenvalue weighted by atomic mass is 35.5. The highest BCUT2D eigenvalue weighted by Gasteiger charge is 2.07. The lowest BCUT2D eigenvalue weighted by atomic mass is 10.2. The molecule has 1 N–H and O–H groups in total. The number of H-pyrrole nitrogens is 1. The van der Waals surface area contributed by atoms with Gasteiger partial charge in [0.15, 0.2) is 0 Å². The lowest BCUT2D eigenvalue weighted by Gasteiger charge is -2.05. The van der Waals surface area contributed by atoms with Crippen LogP contribution in [0.2, 0.25) is 5.02 Å². The molecule has 21 heavy (non-hydrogen) atoms. The maximum absolute atomic E-state index is 12.0. The van der Waals surface area contributed by atoms with Crippen LogP contribution in [0.3, 0.4) is 0 Å². The number of hydrogen-bond donors (Lipinski definition) is 1. The quantitative estimate of drug-likeness (QED) is 0.614. The second-order valence-corrected chi connectivity index (χ2v) is 6.15. The maximum Gasteiger partial charge on any atom is 0.268 e. The molecule has 4 nitrogen and oxygen atoms in total. The largest absolute Gasteiger partial charge is 0.340 e. The topological polar surface area (TPSA) is 50.7 Å². The molecule has 3 aromatic heterocycles. The van der Waals surface area contributed by atoms with E-state index in [-0.39, 0.29) is 5.56 Å². The van der Waals surface area contributed by atoms with E-state index in [4.69, 9.17) is 11.6 Å². The Morgan fingerprint density at radius 3 is 3.10 bits per heavy atom. The molecule has 0 aliphatic carbocycles. The molecule has 1 aromatic carbocycles. The van der Waals surface area contributed by atoms with Crippen LogP contribution in [0, 0.1) is 0 Å². The Morgan fingerprint density at radius 1 is 1.29 bits per heavy atom. The van der Waals surface area contributed by atoms with Crippen molar-refractivity contribution in [2.45, 2.75) is 6.54 Å². The molecule has 0 bridgehead atoms. The van der Waals surface area contributed by atoms with Crippen LogP contribution >= 0.6 is 22.9 Å². The lowest BCUT2D eigenvalue weighted by molar-refractivity contribution is 0.774. The summed E-state index contributed by atoms with van der Waals surface area (Å²) in [6.07, 6.45) is 1.97. The van der Waals surface area contributed by atoms with Gasteiger partial charge in [-0.05, 0) is 35.7 Å². The summed E-state index contributed by atoms with van der Waals surface area (Å²) < 4.78 is 2.71. The Hall–Kier alpha value is -2.11. The fourth-order valence-corrected chi connectivity index (χ4v) is 3.37. The second kappa shape index (κ2) is 4.72. The van der Waals surface area contributed by atoms with E-state index in [1.165, 1.54) is 11.3 Å². The molecule has 0 radical (unpaired) electrons. The second-order valence-electron chi connectivity index (χ2n) is 4.79. The van der Waals surface area contributed by atoms with Crippen LogP contribution in [0.15, 0.2) is 46.7 Å². The van der Waals surface area contributed by atoms with Crippen molar-refractivity contribution >= 4 is 44.1 Å². The van der Waals surface area contributed by atoms with Crippen molar-refractivity contribution in [3.05, 3.63) is 63.1 Å². The predicted molar refractivity (Wildman–Crippen MR) is 86.3 cm³/mol. The standard InChI is InChI=1S/C15H10ClN3OS/c16-10-1-2-12-9(7-10)3-5-19(12)8-13-17-11-4-6-21-14(11)15(20)18-13/h1-7H,8H2,(H,17,18,20). The number of nitrogens with one attached hydrogen (secondary N) is 1. The molecule has 0 unspecified atom stereocenters. The first-order valence-corrected chi connectivity index (χ1v) is 7.67. The van der Waals surface area contributed by atoms with Crippen molar-refractivity contribution < 1.29 is 0 Å². The Balaban J connectivity index is 1.80. The Kier molecular flexibility index (Phi) is 2.83. The van der Waals surface area contributed by atoms with Crippen LogP contribution in [-0.4, -0.2) is 14.5 Å². The molecule has 0 aliphatic rings. The van der Waals surface area contributed by atoms with Crippen molar-refractivity contribution in [1.29, 1.82) is 0 Å². The molecular weight excluding hydrogens is 306 g/mol. The zero-order valence-electron chi connectivity index (χ0n) is 10.8. The van der Waals surface area contributed by atoms with Gasteiger partial charge in [0.25, 0.3) is 5.56 Å². The number of nitrogens with zero attached hydrogens (tertiary/aromatic N) is 2. The number of thiophene rings is 1. The number of aromatic nitrogens is 3. The van der Waals surface area contributed by atoms with Gasteiger partial charge in [-0.1, -0.05) is 11.6 Å². The van der Waals surface area contributed by atoms with Crippen LogP contribution in [0.4, 0.5) is 0 Å². The van der Waals surface area contributed by atoms with E-state index in [1.54, 1.807) is 0 Å². The minimum absolute atomic E-state index is 0.0792.